The van der Waals surface area contributed by atoms with Crippen molar-refractivity contribution in [3.05, 3.63) is 86.1 Å². The summed E-state index contributed by atoms with van der Waals surface area (Å²) in [6.45, 7) is 2.61. The number of hydrogen-bond donors (Lipinski definition) is 2. The topological polar surface area (TPSA) is 147 Å². The van der Waals surface area contributed by atoms with Crippen LogP contribution in [0.25, 0.3) is 0 Å². The zero-order valence-corrected chi connectivity index (χ0v) is 27.4. The van der Waals surface area contributed by atoms with Gasteiger partial charge in [0.15, 0.2) is 0 Å². The Balaban J connectivity index is 1.66. The molecule has 0 radical (unpaired) electrons. The lowest BCUT2D eigenvalue weighted by Gasteiger charge is -2.37. The number of benzene rings is 2. The molecule has 1 aromatic heterocycles. The molecule has 0 unspecified atom stereocenters. The molecule has 1 aliphatic heterocycles. The van der Waals surface area contributed by atoms with Crippen LogP contribution in [0, 0.1) is 11.3 Å². The molecule has 0 spiro atoms. The second kappa shape index (κ2) is 12.9. The maximum Gasteiger partial charge on any atom is 0.343 e. The van der Waals surface area contributed by atoms with Crippen LogP contribution in [0.1, 0.15) is 75.0 Å². The van der Waals surface area contributed by atoms with Crippen molar-refractivity contribution in [1.29, 1.82) is 5.26 Å². The van der Waals surface area contributed by atoms with Gasteiger partial charge >= 0.3 is 5.69 Å². The number of fused-ring (bicyclic) bond motifs is 2. The Hall–Kier alpha value is -4.76. The number of amides is 3. The van der Waals surface area contributed by atoms with Crippen LogP contribution in [0.4, 0.5) is 0 Å². The van der Waals surface area contributed by atoms with Crippen LogP contribution < -0.4 is 11.0 Å². The van der Waals surface area contributed by atoms with E-state index in [0.717, 1.165) is 28.7 Å². The van der Waals surface area contributed by atoms with Crippen molar-refractivity contribution in [3.8, 4) is 6.07 Å². The van der Waals surface area contributed by atoms with E-state index in [2.05, 4.69) is 16.4 Å². The summed E-state index contributed by atoms with van der Waals surface area (Å²) in [6.07, 6.45) is 3.08. The van der Waals surface area contributed by atoms with Crippen molar-refractivity contribution in [1.82, 2.24) is 34.8 Å². The Morgan fingerprint density at radius 2 is 1.61 bits per heavy atom. The standard InChI is InChI=1S/C34H42N8O4/c1-21(36-20-29(43)42-15-7-8-26(42)19-35)18-34(32-37-33(46)41(6)38-32)27-13-11-24(30(44)39(2)3)16-22(27)9-10-23-17-25(12-14-28(23)34)31(45)40(4)5/h11-14,16-17,21,26,36H,7-10,15,18,20H2,1-6H3,(H,37,38,46)/t21-,26+/m1/s1. The van der Waals surface area contributed by atoms with Gasteiger partial charge in [-0.3, -0.25) is 19.4 Å². The largest absolute Gasteiger partial charge is 0.345 e. The summed E-state index contributed by atoms with van der Waals surface area (Å²) in [6, 6.07) is 12.9. The molecule has 3 amide bonds. The fourth-order valence-corrected chi connectivity index (χ4v) is 6.89. The van der Waals surface area contributed by atoms with E-state index in [4.69, 9.17) is 5.10 Å². The van der Waals surface area contributed by atoms with E-state index < -0.39 is 11.5 Å². The molecule has 12 heteroatoms. The normalized spacial score (nSPS) is 17.3. The number of rotatable bonds is 8. The number of likely N-dealkylation sites (tertiary alicyclic amines) is 1. The Bertz CT molecular complexity index is 1690. The van der Waals surface area contributed by atoms with Crippen LogP contribution in [0.15, 0.2) is 41.2 Å². The maximum absolute atomic E-state index is 13.2. The van der Waals surface area contributed by atoms with Gasteiger partial charge in [0.05, 0.1) is 18.0 Å². The molecular formula is C34H42N8O4. The third-order valence-electron chi connectivity index (χ3n) is 9.21. The Kier molecular flexibility index (Phi) is 9.17. The molecule has 242 valence electrons. The molecule has 5 rings (SSSR count). The van der Waals surface area contributed by atoms with E-state index in [0.29, 0.717) is 49.2 Å². The Morgan fingerprint density at radius 1 is 1.04 bits per heavy atom. The van der Waals surface area contributed by atoms with Crippen LogP contribution >= 0.6 is 0 Å². The van der Waals surface area contributed by atoms with Gasteiger partial charge in [-0.2, -0.15) is 10.4 Å². The van der Waals surface area contributed by atoms with Crippen LogP contribution in [0.5, 0.6) is 0 Å². The van der Waals surface area contributed by atoms with E-state index in [1.807, 2.05) is 43.3 Å². The summed E-state index contributed by atoms with van der Waals surface area (Å²) in [5.41, 5.74) is 3.40. The molecule has 2 atom stereocenters. The van der Waals surface area contributed by atoms with Gasteiger partial charge in [-0.15, -0.1) is 0 Å². The number of aromatic amines is 1. The maximum atomic E-state index is 13.2. The van der Waals surface area contributed by atoms with Crippen molar-refractivity contribution < 1.29 is 14.4 Å². The van der Waals surface area contributed by atoms with Crippen LogP contribution in [0.3, 0.4) is 0 Å². The van der Waals surface area contributed by atoms with Gasteiger partial charge in [0.25, 0.3) is 11.8 Å². The average molecular weight is 627 g/mol. The number of nitrogens with zero attached hydrogens (tertiary/aromatic N) is 6. The minimum Gasteiger partial charge on any atom is -0.345 e. The number of H-pyrrole nitrogens is 1. The molecule has 0 saturated carbocycles. The van der Waals surface area contributed by atoms with Crippen LogP contribution in [-0.4, -0.2) is 101 Å². The first-order valence-electron chi connectivity index (χ1n) is 15.6. The molecule has 0 bridgehead atoms. The van der Waals surface area contributed by atoms with Gasteiger partial charge in [-0.05, 0) is 85.5 Å². The van der Waals surface area contributed by atoms with Gasteiger partial charge in [0.2, 0.25) is 5.91 Å². The van der Waals surface area contributed by atoms with Gasteiger partial charge in [-0.25, -0.2) is 9.48 Å². The summed E-state index contributed by atoms with van der Waals surface area (Å²) < 4.78 is 1.27. The number of hydrogen-bond acceptors (Lipinski definition) is 7. The highest BCUT2D eigenvalue weighted by atomic mass is 16.2. The Labute approximate surface area is 269 Å². The summed E-state index contributed by atoms with van der Waals surface area (Å²) in [7, 11) is 8.45. The molecule has 2 heterocycles. The summed E-state index contributed by atoms with van der Waals surface area (Å²) >= 11 is 0. The molecule has 3 aromatic rings. The van der Waals surface area contributed by atoms with E-state index >= 15 is 0 Å². The second-order valence-corrected chi connectivity index (χ2v) is 12.8. The minimum atomic E-state index is -1.00. The van der Waals surface area contributed by atoms with Crippen LogP contribution in [-0.2, 0) is 30.1 Å². The zero-order valence-electron chi connectivity index (χ0n) is 27.4. The molecule has 1 aliphatic carbocycles. The molecule has 2 aliphatic rings. The third kappa shape index (κ3) is 5.95. The van der Waals surface area contributed by atoms with E-state index in [9.17, 15) is 24.4 Å². The predicted octanol–water partition coefficient (Wildman–Crippen LogP) is 1.83. The Morgan fingerprint density at radius 3 is 2.09 bits per heavy atom. The summed E-state index contributed by atoms with van der Waals surface area (Å²) in [5.74, 6) is 0.0705. The summed E-state index contributed by atoms with van der Waals surface area (Å²) in [4.78, 5) is 59.9. The van der Waals surface area contributed by atoms with E-state index in [1.54, 1.807) is 40.1 Å². The quantitative estimate of drug-likeness (QED) is 0.388. The minimum absolute atomic E-state index is 0.0560. The van der Waals surface area contributed by atoms with Gasteiger partial charge in [0.1, 0.15) is 11.9 Å². The number of nitrogens with one attached hydrogen (secondary N) is 2. The average Bonchev–Trinajstić information content (AvgIpc) is 3.63. The molecule has 2 N–H and O–H groups in total. The summed E-state index contributed by atoms with van der Waals surface area (Å²) in [5, 5.41) is 17.6. The van der Waals surface area contributed by atoms with Gasteiger partial charge in [-0.1, -0.05) is 12.1 Å². The van der Waals surface area contributed by atoms with Crippen molar-refractivity contribution in [2.45, 2.75) is 56.5 Å². The van der Waals surface area contributed by atoms with Crippen LogP contribution in [0.2, 0.25) is 0 Å². The molecule has 2 aromatic carbocycles. The van der Waals surface area contributed by atoms with Crippen molar-refractivity contribution in [3.63, 3.8) is 0 Å². The smallest absolute Gasteiger partial charge is 0.343 e. The lowest BCUT2D eigenvalue weighted by atomic mass is 9.67. The SMILES string of the molecule is C[C@H](CC1(c2nn(C)c(=O)[nH]2)c2ccc(C(=O)N(C)C)cc2CCc2cc(C(=O)N(C)C)ccc21)NCC(=O)N1CCC[C@H]1C#N. The predicted molar refractivity (Wildman–Crippen MR) is 172 cm³/mol. The molecule has 1 saturated heterocycles. The number of aryl methyl sites for hydroxylation is 3. The fourth-order valence-electron chi connectivity index (χ4n) is 6.89. The van der Waals surface area contributed by atoms with Gasteiger partial charge in [0, 0.05) is 59.0 Å². The zero-order chi connectivity index (χ0) is 33.3. The highest BCUT2D eigenvalue weighted by Crippen LogP contribution is 2.47. The molecular weight excluding hydrogens is 584 g/mol. The first-order chi connectivity index (χ1) is 21.9. The first-order valence-corrected chi connectivity index (χ1v) is 15.6. The number of nitriles is 1. The molecule has 1 fully saturated rings. The highest BCUT2D eigenvalue weighted by molar-refractivity contribution is 5.95. The number of carbonyl (C=O) groups is 3. The van der Waals surface area contributed by atoms with E-state index in [-0.39, 0.29) is 36.0 Å². The molecule has 12 nitrogen and oxygen atoms in total. The van der Waals surface area contributed by atoms with Crippen molar-refractivity contribution in [2.75, 3.05) is 41.3 Å². The third-order valence-corrected chi connectivity index (χ3v) is 9.21. The lowest BCUT2D eigenvalue weighted by molar-refractivity contribution is -0.130. The monoisotopic (exact) mass is 626 g/mol. The second-order valence-electron chi connectivity index (χ2n) is 12.8. The lowest BCUT2D eigenvalue weighted by Crippen LogP contribution is -2.45. The first kappa shape index (κ1) is 32.6. The van der Waals surface area contributed by atoms with E-state index in [1.165, 1.54) is 14.5 Å². The number of carbonyl (C=O) groups excluding carboxylic acids is 3. The highest BCUT2D eigenvalue weighted by Gasteiger charge is 2.45. The van der Waals surface area contributed by atoms with Crippen molar-refractivity contribution >= 4 is 17.7 Å². The van der Waals surface area contributed by atoms with Crippen molar-refractivity contribution in [2.24, 2.45) is 7.05 Å². The van der Waals surface area contributed by atoms with Gasteiger partial charge < -0.3 is 20.0 Å². The fraction of sp³-hybridized carbons (Fsp3) is 0.471. The molecule has 46 heavy (non-hydrogen) atoms. The number of aromatic nitrogens is 3.